The van der Waals surface area contributed by atoms with E-state index in [-0.39, 0.29) is 17.2 Å². The molecule has 6 nitrogen and oxygen atoms in total. The van der Waals surface area contributed by atoms with Gasteiger partial charge in [0.25, 0.3) is 0 Å². The zero-order chi connectivity index (χ0) is 19.9. The van der Waals surface area contributed by atoms with Crippen LogP contribution in [-0.2, 0) is 4.79 Å². The number of carbonyl (C=O) groups is 1. The van der Waals surface area contributed by atoms with Gasteiger partial charge in [-0.05, 0) is 49.3 Å². The van der Waals surface area contributed by atoms with Gasteiger partial charge in [-0.2, -0.15) is 5.10 Å². The van der Waals surface area contributed by atoms with Gasteiger partial charge in [-0.25, -0.2) is 0 Å². The quantitative estimate of drug-likeness (QED) is 0.731. The summed E-state index contributed by atoms with van der Waals surface area (Å²) < 4.78 is 0. The van der Waals surface area contributed by atoms with Crippen LogP contribution in [0.25, 0.3) is 10.9 Å². The van der Waals surface area contributed by atoms with Crippen molar-refractivity contribution in [3.63, 3.8) is 0 Å². The number of aliphatic hydroxyl groups excluding tert-OH is 1. The molecule has 2 aromatic rings. The Labute approximate surface area is 170 Å². The highest BCUT2D eigenvalue weighted by molar-refractivity contribution is 6.31. The van der Waals surface area contributed by atoms with Crippen LogP contribution in [0.15, 0.2) is 18.3 Å². The van der Waals surface area contributed by atoms with Crippen LogP contribution < -0.4 is 5.32 Å². The Hall–Kier alpha value is -1.63. The van der Waals surface area contributed by atoms with Crippen LogP contribution in [0.4, 0.5) is 0 Å². The number of likely N-dealkylation sites (tertiary alicyclic amines) is 1. The van der Waals surface area contributed by atoms with Crippen molar-refractivity contribution in [1.82, 2.24) is 20.4 Å². The maximum absolute atomic E-state index is 12.7. The van der Waals surface area contributed by atoms with Gasteiger partial charge in [0.05, 0.1) is 23.7 Å². The van der Waals surface area contributed by atoms with E-state index in [2.05, 4.69) is 29.4 Å². The van der Waals surface area contributed by atoms with Crippen molar-refractivity contribution in [2.24, 2.45) is 17.3 Å². The zero-order valence-corrected chi connectivity index (χ0v) is 17.3. The molecule has 2 aliphatic rings. The maximum Gasteiger partial charge on any atom is 0.227 e. The molecule has 28 heavy (non-hydrogen) atoms. The third-order valence-corrected chi connectivity index (χ3v) is 7.03. The third-order valence-electron chi connectivity index (χ3n) is 6.81. The number of amides is 1. The van der Waals surface area contributed by atoms with Gasteiger partial charge >= 0.3 is 0 Å². The SMILES string of the molecule is CC(C)(C1CCN(C(=O)[C@@H]2CCNC2)CC1)[C@H](O)c1cc(Cl)cc2cn[nH]c12. The first-order valence-corrected chi connectivity index (χ1v) is 10.6. The average Bonchev–Trinajstić information content (AvgIpc) is 3.38. The maximum atomic E-state index is 12.7. The van der Waals surface area contributed by atoms with Crippen LogP contribution in [0, 0.1) is 17.3 Å². The fourth-order valence-electron chi connectivity index (χ4n) is 4.85. The predicted molar refractivity (Wildman–Crippen MR) is 110 cm³/mol. The summed E-state index contributed by atoms with van der Waals surface area (Å²) in [7, 11) is 0. The van der Waals surface area contributed by atoms with Crippen molar-refractivity contribution in [3.05, 3.63) is 28.9 Å². The minimum Gasteiger partial charge on any atom is -0.388 e. The van der Waals surface area contributed by atoms with Crippen molar-refractivity contribution in [2.45, 2.75) is 39.2 Å². The third kappa shape index (κ3) is 3.53. The number of nitrogens with one attached hydrogen (secondary N) is 2. The number of aliphatic hydroxyl groups is 1. The van der Waals surface area contributed by atoms with Crippen LogP contribution >= 0.6 is 11.6 Å². The number of H-pyrrole nitrogens is 1. The Kier molecular flexibility index (Phi) is 5.38. The number of carbonyl (C=O) groups excluding carboxylic acids is 1. The summed E-state index contributed by atoms with van der Waals surface area (Å²) in [4.78, 5) is 14.7. The molecule has 0 spiro atoms. The summed E-state index contributed by atoms with van der Waals surface area (Å²) in [6.45, 7) is 7.51. The van der Waals surface area contributed by atoms with E-state index in [0.717, 1.165) is 61.9 Å². The molecular weight excluding hydrogens is 376 g/mol. The number of aromatic nitrogens is 2. The first-order chi connectivity index (χ1) is 13.4. The Morgan fingerprint density at radius 2 is 2.07 bits per heavy atom. The fraction of sp³-hybridized carbons (Fsp3) is 0.619. The van der Waals surface area contributed by atoms with E-state index >= 15 is 0 Å². The Bertz CT molecular complexity index is 851. The summed E-state index contributed by atoms with van der Waals surface area (Å²) in [6, 6.07) is 3.69. The van der Waals surface area contributed by atoms with E-state index in [1.807, 2.05) is 17.0 Å². The highest BCUT2D eigenvalue weighted by atomic mass is 35.5. The van der Waals surface area contributed by atoms with Gasteiger partial charge in [-0.1, -0.05) is 25.4 Å². The van der Waals surface area contributed by atoms with E-state index in [9.17, 15) is 9.90 Å². The molecule has 7 heteroatoms. The molecule has 0 aliphatic carbocycles. The van der Waals surface area contributed by atoms with Gasteiger partial charge in [-0.3, -0.25) is 9.89 Å². The monoisotopic (exact) mass is 404 g/mol. The molecule has 0 bridgehead atoms. The summed E-state index contributed by atoms with van der Waals surface area (Å²) in [5.41, 5.74) is 1.29. The van der Waals surface area contributed by atoms with Crippen molar-refractivity contribution < 1.29 is 9.90 Å². The molecule has 3 N–H and O–H groups in total. The number of aromatic amines is 1. The highest BCUT2D eigenvalue weighted by Gasteiger charge is 2.41. The van der Waals surface area contributed by atoms with Crippen molar-refractivity contribution in [2.75, 3.05) is 26.2 Å². The van der Waals surface area contributed by atoms with Gasteiger partial charge in [0.2, 0.25) is 5.91 Å². The van der Waals surface area contributed by atoms with Gasteiger partial charge in [0.15, 0.2) is 0 Å². The lowest BCUT2D eigenvalue weighted by Gasteiger charge is -2.43. The lowest BCUT2D eigenvalue weighted by molar-refractivity contribution is -0.137. The molecule has 0 saturated carbocycles. The van der Waals surface area contributed by atoms with E-state index in [4.69, 9.17) is 11.6 Å². The predicted octanol–water partition coefficient (Wildman–Crippen LogP) is 3.12. The first-order valence-electron chi connectivity index (χ1n) is 10.2. The number of piperidine rings is 1. The molecule has 0 unspecified atom stereocenters. The second-order valence-electron chi connectivity index (χ2n) is 8.84. The van der Waals surface area contributed by atoms with E-state index in [0.29, 0.717) is 10.9 Å². The Balaban J connectivity index is 1.47. The number of rotatable bonds is 4. The van der Waals surface area contributed by atoms with Crippen LogP contribution in [0.3, 0.4) is 0 Å². The molecule has 4 rings (SSSR count). The lowest BCUT2D eigenvalue weighted by Crippen LogP contribution is -2.45. The molecule has 2 atom stereocenters. The first kappa shape index (κ1) is 19.7. The molecule has 0 radical (unpaired) electrons. The fourth-order valence-corrected chi connectivity index (χ4v) is 5.09. The van der Waals surface area contributed by atoms with Gasteiger partial charge in [-0.15, -0.1) is 0 Å². The van der Waals surface area contributed by atoms with Crippen molar-refractivity contribution >= 4 is 28.4 Å². The number of halogens is 1. The van der Waals surface area contributed by atoms with Gasteiger partial charge < -0.3 is 15.3 Å². The molecule has 152 valence electrons. The molecule has 1 aromatic carbocycles. The van der Waals surface area contributed by atoms with E-state index in [1.165, 1.54) is 0 Å². The standard InChI is InChI=1S/C21H29ClN4O2/c1-21(2,19(27)17-10-16(22)9-14-12-24-25-18(14)17)15-4-7-26(8-5-15)20(28)13-3-6-23-11-13/h9-10,12-13,15,19,23,27H,3-8,11H2,1-2H3,(H,24,25)/t13-,19-/m1/s1. The van der Waals surface area contributed by atoms with Crippen molar-refractivity contribution in [1.29, 1.82) is 0 Å². The van der Waals surface area contributed by atoms with Gasteiger partial charge in [0, 0.05) is 35.6 Å². The minimum atomic E-state index is -0.666. The summed E-state index contributed by atoms with van der Waals surface area (Å²) in [6.07, 6.45) is 3.82. The molecule has 2 fully saturated rings. The van der Waals surface area contributed by atoms with Crippen LogP contribution in [-0.4, -0.2) is 52.3 Å². The normalized spacial score (nSPS) is 22.7. The zero-order valence-electron chi connectivity index (χ0n) is 16.5. The number of hydrogen-bond donors (Lipinski definition) is 3. The van der Waals surface area contributed by atoms with E-state index < -0.39 is 6.10 Å². The molecule has 2 saturated heterocycles. The number of hydrogen-bond acceptors (Lipinski definition) is 4. The number of fused-ring (bicyclic) bond motifs is 1. The highest BCUT2D eigenvalue weighted by Crippen LogP contribution is 2.46. The largest absolute Gasteiger partial charge is 0.388 e. The molecule has 1 aromatic heterocycles. The van der Waals surface area contributed by atoms with Gasteiger partial charge in [0.1, 0.15) is 0 Å². The van der Waals surface area contributed by atoms with Crippen LogP contribution in [0.5, 0.6) is 0 Å². The Morgan fingerprint density at radius 1 is 1.32 bits per heavy atom. The summed E-state index contributed by atoms with van der Waals surface area (Å²) in [5, 5.41) is 23.2. The second-order valence-corrected chi connectivity index (χ2v) is 9.28. The molecule has 2 aliphatic heterocycles. The summed E-state index contributed by atoms with van der Waals surface area (Å²) >= 11 is 6.27. The second kappa shape index (κ2) is 7.65. The van der Waals surface area contributed by atoms with E-state index in [1.54, 1.807) is 6.20 Å². The van der Waals surface area contributed by atoms with Crippen molar-refractivity contribution in [3.8, 4) is 0 Å². The van der Waals surface area contributed by atoms with Crippen LogP contribution in [0.1, 0.15) is 44.8 Å². The minimum absolute atomic E-state index is 0.135. The molecule has 1 amide bonds. The summed E-state index contributed by atoms with van der Waals surface area (Å²) in [5.74, 6) is 0.747. The number of nitrogens with zero attached hydrogens (tertiary/aromatic N) is 2. The average molecular weight is 405 g/mol. The lowest BCUT2D eigenvalue weighted by atomic mass is 9.68. The topological polar surface area (TPSA) is 81.2 Å². The Morgan fingerprint density at radius 3 is 2.75 bits per heavy atom. The van der Waals surface area contributed by atoms with Crippen LogP contribution in [0.2, 0.25) is 5.02 Å². The molecule has 3 heterocycles. The molecular formula is C21H29ClN4O2. The number of benzene rings is 1. The smallest absolute Gasteiger partial charge is 0.227 e.